The highest BCUT2D eigenvalue weighted by Gasteiger charge is 2.29. The van der Waals surface area contributed by atoms with Crippen molar-refractivity contribution in [1.82, 2.24) is 4.57 Å². The summed E-state index contributed by atoms with van der Waals surface area (Å²) in [4.78, 5) is 28.6. The number of hydrogen-bond acceptors (Lipinski definition) is 5. The highest BCUT2D eigenvalue weighted by Crippen LogP contribution is 2.34. The van der Waals surface area contributed by atoms with Gasteiger partial charge in [-0.3, -0.25) is 9.79 Å². The summed E-state index contributed by atoms with van der Waals surface area (Å²) in [6, 6.07) is 0. The fourth-order valence-corrected chi connectivity index (χ4v) is 3.78. The van der Waals surface area contributed by atoms with Crippen LogP contribution in [0, 0.1) is 11.7 Å². The molecule has 0 aliphatic heterocycles. The summed E-state index contributed by atoms with van der Waals surface area (Å²) in [5.41, 5.74) is 0.212. The normalized spacial score (nSPS) is 17.2. The maximum atomic E-state index is 15.6. The summed E-state index contributed by atoms with van der Waals surface area (Å²) in [7, 11) is 3.26. The molecule has 0 amide bonds. The maximum Gasteiger partial charge on any atom is 0.341 e. The lowest BCUT2D eigenvalue weighted by molar-refractivity contribution is 0.0693. The van der Waals surface area contributed by atoms with E-state index in [-0.39, 0.29) is 11.6 Å². The fraction of sp³-hybridized carbons (Fsp3) is 0.480. The van der Waals surface area contributed by atoms with Crippen molar-refractivity contribution in [1.29, 1.82) is 0 Å². The highest BCUT2D eigenvalue weighted by atomic mass is 19.1. The van der Waals surface area contributed by atoms with E-state index in [1.54, 1.807) is 20.2 Å². The third-order valence-corrected chi connectivity index (χ3v) is 5.54. The Labute approximate surface area is 193 Å². The Morgan fingerprint density at radius 2 is 2.03 bits per heavy atom. The molecule has 1 N–H and O–H groups in total. The predicted octanol–water partition coefficient (Wildman–Crippen LogP) is 4.47. The zero-order valence-electron chi connectivity index (χ0n) is 20.0. The van der Waals surface area contributed by atoms with Gasteiger partial charge in [-0.05, 0) is 30.4 Å². The van der Waals surface area contributed by atoms with E-state index in [1.807, 2.05) is 32.9 Å². The van der Waals surface area contributed by atoms with E-state index >= 15 is 4.39 Å². The minimum absolute atomic E-state index is 0.0997. The fourth-order valence-electron chi connectivity index (χ4n) is 3.78. The SMILES string of the molecule is CCCn1cc(C(=O)O)c(=O)c(F)c1/C(=C1\C=CC=C(OCCCOC)C1=NC)C(C)CC. The number of ether oxygens (including phenoxy) is 2. The molecule has 0 fully saturated rings. The molecule has 0 bridgehead atoms. The van der Waals surface area contributed by atoms with Crippen LogP contribution in [0.15, 0.2) is 45.5 Å². The van der Waals surface area contributed by atoms with Gasteiger partial charge in [-0.2, -0.15) is 0 Å². The Balaban J connectivity index is 2.76. The number of carboxylic acid groups (broad SMARTS) is 1. The van der Waals surface area contributed by atoms with E-state index in [2.05, 4.69) is 4.99 Å². The number of hydrogen-bond donors (Lipinski definition) is 1. The number of aromatic nitrogens is 1. The van der Waals surface area contributed by atoms with Crippen molar-refractivity contribution in [2.24, 2.45) is 10.9 Å². The number of halogens is 1. The molecule has 1 atom stereocenters. The maximum absolute atomic E-state index is 15.6. The van der Waals surface area contributed by atoms with Gasteiger partial charge in [0.05, 0.1) is 12.3 Å². The first-order chi connectivity index (χ1) is 15.8. The van der Waals surface area contributed by atoms with Crippen molar-refractivity contribution in [3.63, 3.8) is 0 Å². The van der Waals surface area contributed by atoms with Gasteiger partial charge in [-0.1, -0.05) is 32.9 Å². The van der Waals surface area contributed by atoms with Crippen LogP contribution in [0.1, 0.15) is 56.1 Å². The highest BCUT2D eigenvalue weighted by molar-refractivity contribution is 6.18. The van der Waals surface area contributed by atoms with Gasteiger partial charge in [0, 0.05) is 45.5 Å². The second-order valence-corrected chi connectivity index (χ2v) is 7.83. The van der Waals surface area contributed by atoms with Crippen LogP contribution in [0.25, 0.3) is 5.57 Å². The second-order valence-electron chi connectivity index (χ2n) is 7.83. The first kappa shape index (κ1) is 26.3. The summed E-state index contributed by atoms with van der Waals surface area (Å²) in [6.45, 7) is 7.19. The Hall–Kier alpha value is -3.00. The number of rotatable bonds is 11. The van der Waals surface area contributed by atoms with Gasteiger partial charge in [-0.15, -0.1) is 0 Å². The number of methoxy groups -OCH3 is 1. The van der Waals surface area contributed by atoms with Crippen molar-refractivity contribution in [3.8, 4) is 0 Å². The predicted molar refractivity (Wildman–Crippen MR) is 127 cm³/mol. The molecule has 0 spiro atoms. The van der Waals surface area contributed by atoms with Crippen LogP contribution < -0.4 is 5.43 Å². The van der Waals surface area contributed by atoms with E-state index < -0.39 is 22.8 Å². The molecule has 8 heteroatoms. The van der Waals surface area contributed by atoms with E-state index in [0.29, 0.717) is 61.6 Å². The molecule has 0 aromatic carbocycles. The van der Waals surface area contributed by atoms with E-state index in [9.17, 15) is 14.7 Å². The van der Waals surface area contributed by atoms with Gasteiger partial charge >= 0.3 is 5.97 Å². The number of aliphatic imine (C=N–C) groups is 1. The lowest BCUT2D eigenvalue weighted by atomic mass is 9.85. The molecule has 0 saturated heterocycles. The monoisotopic (exact) mass is 460 g/mol. The third kappa shape index (κ3) is 5.87. The number of aromatic carboxylic acids is 1. The first-order valence-corrected chi connectivity index (χ1v) is 11.2. The molecule has 2 rings (SSSR count). The van der Waals surface area contributed by atoms with Crippen molar-refractivity contribution in [2.45, 2.75) is 46.6 Å². The van der Waals surface area contributed by atoms with Crippen LogP contribution in [0.2, 0.25) is 0 Å². The van der Waals surface area contributed by atoms with E-state index in [1.165, 1.54) is 10.8 Å². The Morgan fingerprint density at radius 3 is 2.61 bits per heavy atom. The van der Waals surface area contributed by atoms with Gasteiger partial charge < -0.3 is 19.1 Å². The lowest BCUT2D eigenvalue weighted by Gasteiger charge is -2.26. The number of pyridine rings is 1. The molecule has 1 aliphatic rings. The smallest absolute Gasteiger partial charge is 0.341 e. The van der Waals surface area contributed by atoms with E-state index in [0.717, 1.165) is 0 Å². The molecule has 1 aliphatic carbocycles. The summed E-state index contributed by atoms with van der Waals surface area (Å²) >= 11 is 0. The molecular formula is C25H33FN2O5. The van der Waals surface area contributed by atoms with Gasteiger partial charge in [0.15, 0.2) is 5.82 Å². The Kier molecular flexibility index (Phi) is 9.78. The van der Waals surface area contributed by atoms with Crippen molar-refractivity contribution < 1.29 is 23.8 Å². The molecule has 33 heavy (non-hydrogen) atoms. The minimum Gasteiger partial charge on any atom is -0.491 e. The summed E-state index contributed by atoms with van der Waals surface area (Å²) in [5, 5.41) is 9.40. The van der Waals surface area contributed by atoms with Crippen molar-refractivity contribution in [2.75, 3.05) is 27.4 Å². The Morgan fingerprint density at radius 1 is 1.30 bits per heavy atom. The zero-order valence-corrected chi connectivity index (χ0v) is 20.0. The molecule has 1 heterocycles. The number of nitrogens with zero attached hydrogens (tertiary/aromatic N) is 2. The molecule has 180 valence electrons. The zero-order chi connectivity index (χ0) is 24.5. The lowest BCUT2D eigenvalue weighted by Crippen LogP contribution is -2.27. The van der Waals surface area contributed by atoms with Gasteiger partial charge in [0.1, 0.15) is 17.0 Å². The van der Waals surface area contributed by atoms with Crippen molar-refractivity contribution >= 4 is 17.3 Å². The average Bonchev–Trinajstić information content (AvgIpc) is 2.80. The van der Waals surface area contributed by atoms with Crippen LogP contribution >= 0.6 is 0 Å². The summed E-state index contributed by atoms with van der Waals surface area (Å²) in [5.74, 6) is -2.09. The number of carbonyl (C=O) groups is 1. The molecule has 1 unspecified atom stereocenters. The van der Waals surface area contributed by atoms with Crippen LogP contribution in [0.5, 0.6) is 0 Å². The number of carboxylic acids is 1. The van der Waals surface area contributed by atoms with Crippen LogP contribution in [-0.2, 0) is 16.0 Å². The minimum atomic E-state index is -1.45. The molecule has 1 aromatic heterocycles. The summed E-state index contributed by atoms with van der Waals surface area (Å²) in [6.07, 6.45) is 8.69. The third-order valence-electron chi connectivity index (χ3n) is 5.54. The molecular weight excluding hydrogens is 427 g/mol. The molecule has 0 saturated carbocycles. The van der Waals surface area contributed by atoms with Gasteiger partial charge in [-0.25, -0.2) is 9.18 Å². The molecule has 0 radical (unpaired) electrons. The quantitative estimate of drug-likeness (QED) is 0.492. The Bertz CT molecular complexity index is 1050. The first-order valence-electron chi connectivity index (χ1n) is 11.2. The van der Waals surface area contributed by atoms with Crippen LogP contribution in [-0.4, -0.2) is 48.7 Å². The number of aryl methyl sites for hydroxylation is 1. The van der Waals surface area contributed by atoms with Crippen LogP contribution in [0.3, 0.4) is 0 Å². The molecule has 1 aromatic rings. The largest absolute Gasteiger partial charge is 0.491 e. The van der Waals surface area contributed by atoms with Gasteiger partial charge in [0.2, 0.25) is 5.43 Å². The van der Waals surface area contributed by atoms with Crippen molar-refractivity contribution in [3.05, 3.63) is 63.1 Å². The number of allylic oxidation sites excluding steroid dienone is 5. The van der Waals surface area contributed by atoms with Crippen LogP contribution in [0.4, 0.5) is 4.39 Å². The second kappa shape index (κ2) is 12.3. The average molecular weight is 461 g/mol. The topological polar surface area (TPSA) is 90.1 Å². The van der Waals surface area contributed by atoms with Gasteiger partial charge in [0.25, 0.3) is 0 Å². The van der Waals surface area contributed by atoms with E-state index in [4.69, 9.17) is 9.47 Å². The standard InChI is InChI=1S/C25H33FN2O5/c1-6-12-28-15-18(25(30)31)24(29)21(26)23(28)20(16(3)7-2)17-10-8-11-19(22(17)27-4)33-14-9-13-32-5/h8,10-11,15-16H,6-7,9,12-14H2,1-5H3,(H,30,31)/b20-17+,27-22?. The summed E-state index contributed by atoms with van der Waals surface area (Å²) < 4.78 is 28.1. The molecule has 7 nitrogen and oxygen atoms in total.